The number of carbonyl (C=O) groups is 1. The largest absolute Gasteiger partial charge is 0.450 e. The number of ether oxygens (including phenoxy) is 1. The number of aliphatic hydroxyl groups is 2. The van der Waals surface area contributed by atoms with E-state index in [1.54, 1.807) is 6.20 Å². The summed E-state index contributed by atoms with van der Waals surface area (Å²) in [6.07, 6.45) is 11.3. The van der Waals surface area contributed by atoms with Gasteiger partial charge >= 0.3 is 6.09 Å². The number of hydrogen-bond donors (Lipinski definition) is 3. The van der Waals surface area contributed by atoms with Crippen LogP contribution in [0.5, 0.6) is 0 Å². The van der Waals surface area contributed by atoms with E-state index in [-0.39, 0.29) is 29.1 Å². The van der Waals surface area contributed by atoms with Crippen molar-refractivity contribution in [3.05, 3.63) is 30.1 Å². The highest BCUT2D eigenvalue weighted by Gasteiger charge is 2.64. The summed E-state index contributed by atoms with van der Waals surface area (Å²) in [5, 5.41) is 25.3. The summed E-state index contributed by atoms with van der Waals surface area (Å²) >= 11 is 0. The van der Waals surface area contributed by atoms with Crippen LogP contribution in [0.2, 0.25) is 0 Å². The summed E-state index contributed by atoms with van der Waals surface area (Å²) in [6, 6.07) is 5.81. The molecular weight excluding hydrogens is 488 g/mol. The van der Waals surface area contributed by atoms with Crippen LogP contribution >= 0.6 is 0 Å². The van der Waals surface area contributed by atoms with Gasteiger partial charge in [0.05, 0.1) is 18.8 Å². The summed E-state index contributed by atoms with van der Waals surface area (Å²) in [5.41, 5.74) is 1.44. The summed E-state index contributed by atoms with van der Waals surface area (Å²) in [5.74, 6) is 3.33. The molecule has 6 nitrogen and oxygen atoms in total. The predicted octanol–water partition coefficient (Wildman–Crippen LogP) is 6.00. The normalized spacial score (nSPS) is 42.1. The van der Waals surface area contributed by atoms with Gasteiger partial charge in [0.15, 0.2) is 0 Å². The first-order chi connectivity index (χ1) is 18.7. The second-order valence-electron chi connectivity index (χ2n) is 14.0. The minimum absolute atomic E-state index is 0.198. The molecule has 0 radical (unpaired) electrons. The zero-order chi connectivity index (χ0) is 27.8. The van der Waals surface area contributed by atoms with Gasteiger partial charge in [-0.3, -0.25) is 4.98 Å². The van der Waals surface area contributed by atoms with Gasteiger partial charge in [-0.25, -0.2) is 4.79 Å². The van der Waals surface area contributed by atoms with Gasteiger partial charge in [0.25, 0.3) is 0 Å². The van der Waals surface area contributed by atoms with Gasteiger partial charge in [0.1, 0.15) is 0 Å². The highest BCUT2D eigenvalue weighted by molar-refractivity contribution is 5.67. The second-order valence-corrected chi connectivity index (χ2v) is 14.0. The van der Waals surface area contributed by atoms with E-state index in [2.05, 4.69) is 38.0 Å². The van der Waals surface area contributed by atoms with Crippen molar-refractivity contribution in [3.63, 3.8) is 0 Å². The van der Waals surface area contributed by atoms with Crippen LogP contribution < -0.4 is 5.32 Å². The second kappa shape index (κ2) is 11.7. The number of carbonyl (C=O) groups excluding carboxylic acids is 1. The average molecular weight is 541 g/mol. The molecule has 3 N–H and O–H groups in total. The van der Waals surface area contributed by atoms with Crippen LogP contribution in [0.3, 0.4) is 0 Å². The van der Waals surface area contributed by atoms with Gasteiger partial charge < -0.3 is 20.3 Å². The van der Waals surface area contributed by atoms with E-state index in [0.29, 0.717) is 61.0 Å². The molecule has 0 spiro atoms. The lowest BCUT2D eigenvalue weighted by molar-refractivity contribution is -0.203. The first kappa shape index (κ1) is 28.9. The Hall–Kier alpha value is -1.66. The van der Waals surface area contributed by atoms with Crippen LogP contribution in [0.1, 0.15) is 91.2 Å². The molecule has 39 heavy (non-hydrogen) atoms. The Morgan fingerprint density at radius 2 is 1.87 bits per heavy atom. The van der Waals surface area contributed by atoms with E-state index in [4.69, 9.17) is 4.74 Å². The maximum atomic E-state index is 12.2. The first-order valence-electron chi connectivity index (χ1n) is 15.9. The smallest absolute Gasteiger partial charge is 0.407 e. The Morgan fingerprint density at radius 1 is 1.10 bits per heavy atom. The zero-order valence-corrected chi connectivity index (χ0v) is 24.6. The third-order valence-corrected chi connectivity index (χ3v) is 12.3. The molecule has 218 valence electrons. The number of hydrogen-bond acceptors (Lipinski definition) is 5. The standard InChI is InChI=1S/C33H52N2O4/c1-5-24-28-20-23(36)11-15-33(28,4)27-12-16-32(3)25(9-10-26(32)29(27)30(24)37)21(2)14-19-39-31(38)35-18-13-22-8-6-7-17-34-22/h6-8,17,21,23-30,36-37H,5,9-16,18-20H2,1-4H3,(H,35,38)/t21-,23-,24-,25-,26+,27+,28+,29-,30-,32?,33-/m1/s1. The molecule has 1 aromatic rings. The Kier molecular flexibility index (Phi) is 8.64. The van der Waals surface area contributed by atoms with Gasteiger partial charge in [-0.2, -0.15) is 0 Å². The fourth-order valence-electron chi connectivity index (χ4n) is 10.4. The number of aliphatic hydroxyl groups excluding tert-OH is 2. The summed E-state index contributed by atoms with van der Waals surface area (Å²) in [6.45, 7) is 10.6. The lowest BCUT2D eigenvalue weighted by Crippen LogP contribution is -2.62. The maximum Gasteiger partial charge on any atom is 0.407 e. The zero-order valence-electron chi connectivity index (χ0n) is 24.6. The lowest BCUT2D eigenvalue weighted by Gasteiger charge is -2.64. The van der Waals surface area contributed by atoms with Crippen molar-refractivity contribution in [1.82, 2.24) is 10.3 Å². The van der Waals surface area contributed by atoms with Gasteiger partial charge in [-0.05, 0) is 116 Å². The van der Waals surface area contributed by atoms with Gasteiger partial charge in [0.2, 0.25) is 0 Å². The third kappa shape index (κ3) is 5.37. The first-order valence-corrected chi connectivity index (χ1v) is 15.9. The van der Waals surface area contributed by atoms with Gasteiger partial charge in [0, 0.05) is 24.9 Å². The number of nitrogens with zero attached hydrogens (tertiary/aromatic N) is 1. The van der Waals surface area contributed by atoms with E-state index in [1.807, 2.05) is 18.2 Å². The van der Waals surface area contributed by atoms with Crippen molar-refractivity contribution in [2.24, 2.45) is 52.3 Å². The number of amides is 1. The van der Waals surface area contributed by atoms with E-state index in [0.717, 1.165) is 37.8 Å². The molecule has 1 aromatic heterocycles. The SMILES string of the molecule is CC[C@H]1[C@@H](O)[C@@H]2[C@@H]3CC[C@H]([C@H](C)CCOC(=O)NCCc4ccccn4)C3(C)CC[C@@H]2[C@@]2(C)CC[C@@H](O)C[C@@H]12. The van der Waals surface area contributed by atoms with Crippen molar-refractivity contribution in [2.45, 2.75) is 104 Å². The molecule has 4 saturated carbocycles. The molecule has 0 saturated heterocycles. The van der Waals surface area contributed by atoms with Crippen LogP contribution in [0.4, 0.5) is 4.79 Å². The van der Waals surface area contributed by atoms with Crippen molar-refractivity contribution < 1.29 is 19.7 Å². The van der Waals surface area contributed by atoms with Gasteiger partial charge in [-0.15, -0.1) is 0 Å². The molecule has 0 aromatic carbocycles. The van der Waals surface area contributed by atoms with E-state index in [1.165, 1.54) is 25.7 Å². The molecule has 0 aliphatic heterocycles. The fraction of sp³-hybridized carbons (Fsp3) is 0.818. The van der Waals surface area contributed by atoms with Crippen LogP contribution in [0.15, 0.2) is 24.4 Å². The fourth-order valence-corrected chi connectivity index (χ4v) is 10.4. The Bertz CT molecular complexity index is 974. The third-order valence-electron chi connectivity index (χ3n) is 12.3. The Balaban J connectivity index is 1.18. The molecule has 1 unspecified atom stereocenters. The predicted molar refractivity (Wildman–Crippen MR) is 153 cm³/mol. The molecule has 4 aliphatic rings. The monoisotopic (exact) mass is 540 g/mol. The molecule has 0 bridgehead atoms. The van der Waals surface area contributed by atoms with Crippen molar-refractivity contribution in [1.29, 1.82) is 0 Å². The van der Waals surface area contributed by atoms with Crippen LogP contribution in [0.25, 0.3) is 0 Å². The molecule has 5 rings (SSSR count). The number of pyridine rings is 1. The highest BCUT2D eigenvalue weighted by Crippen LogP contribution is 2.69. The van der Waals surface area contributed by atoms with Crippen LogP contribution in [-0.4, -0.2) is 46.6 Å². The number of fused-ring (bicyclic) bond motifs is 5. The van der Waals surface area contributed by atoms with Gasteiger partial charge in [-0.1, -0.05) is 40.2 Å². The summed E-state index contributed by atoms with van der Waals surface area (Å²) < 4.78 is 5.56. The molecule has 11 atom stereocenters. The Labute approximate surface area is 235 Å². The lowest BCUT2D eigenvalue weighted by atomic mass is 9.41. The number of alkyl carbamates (subject to hydrolysis) is 1. The molecule has 4 fully saturated rings. The van der Waals surface area contributed by atoms with Crippen LogP contribution in [0, 0.1) is 52.3 Å². The minimum Gasteiger partial charge on any atom is -0.450 e. The quantitative estimate of drug-likeness (QED) is 0.376. The van der Waals surface area contributed by atoms with E-state index in [9.17, 15) is 15.0 Å². The molecule has 4 aliphatic carbocycles. The topological polar surface area (TPSA) is 91.7 Å². The molecular formula is C33H52N2O4. The minimum atomic E-state index is -0.342. The van der Waals surface area contributed by atoms with Crippen LogP contribution in [-0.2, 0) is 11.2 Å². The van der Waals surface area contributed by atoms with E-state index < -0.39 is 0 Å². The van der Waals surface area contributed by atoms with Crippen molar-refractivity contribution in [2.75, 3.05) is 13.2 Å². The summed E-state index contributed by atoms with van der Waals surface area (Å²) in [4.78, 5) is 16.5. The molecule has 1 amide bonds. The van der Waals surface area contributed by atoms with Crippen molar-refractivity contribution in [3.8, 4) is 0 Å². The number of aromatic nitrogens is 1. The average Bonchev–Trinajstić information content (AvgIpc) is 3.27. The van der Waals surface area contributed by atoms with E-state index >= 15 is 0 Å². The number of nitrogens with one attached hydrogen (secondary N) is 1. The molecule has 6 heteroatoms. The maximum absolute atomic E-state index is 12.2. The highest BCUT2D eigenvalue weighted by atomic mass is 16.5. The number of rotatable bonds is 8. The van der Waals surface area contributed by atoms with Crippen molar-refractivity contribution >= 4 is 6.09 Å². The Morgan fingerprint density at radius 3 is 2.62 bits per heavy atom. The molecule has 1 heterocycles. The summed E-state index contributed by atoms with van der Waals surface area (Å²) in [7, 11) is 0.